The van der Waals surface area contributed by atoms with Gasteiger partial charge >= 0.3 is 0 Å². The molecule has 0 heterocycles. The van der Waals surface area contributed by atoms with Crippen LogP contribution in [0.3, 0.4) is 0 Å². The number of hydrogen-bond acceptors (Lipinski definition) is 1. The topological polar surface area (TPSA) is 20.2 Å². The van der Waals surface area contributed by atoms with E-state index >= 15 is 0 Å². The molecule has 1 heteroatoms. The molecule has 0 radical (unpaired) electrons. The van der Waals surface area contributed by atoms with E-state index in [0.29, 0.717) is 11.3 Å². The van der Waals surface area contributed by atoms with E-state index in [4.69, 9.17) is 0 Å². The molecule has 1 nitrogen and oxygen atoms in total. The summed E-state index contributed by atoms with van der Waals surface area (Å²) in [5.74, 6) is 0.400. The Labute approximate surface area is 70.8 Å². The first kappa shape index (κ1) is 11.0. The molecule has 0 rings (SSSR count). The largest absolute Gasteiger partial charge is 0.393 e. The van der Waals surface area contributed by atoms with E-state index in [0.717, 1.165) is 12.8 Å². The van der Waals surface area contributed by atoms with E-state index in [1.165, 1.54) is 0 Å². The standard InChI is InChI=1S/C10H22O/c1-8(2)9(11)6-7-10(3,4)5/h8-9,11H,6-7H2,1-5H3/t9-/m0/s1. The molecule has 0 saturated carbocycles. The van der Waals surface area contributed by atoms with E-state index < -0.39 is 0 Å². The predicted octanol–water partition coefficient (Wildman–Crippen LogP) is 2.83. The van der Waals surface area contributed by atoms with E-state index in [9.17, 15) is 5.11 Å². The summed E-state index contributed by atoms with van der Waals surface area (Å²) in [6, 6.07) is 0. The average Bonchev–Trinajstić information content (AvgIpc) is 1.80. The van der Waals surface area contributed by atoms with Crippen molar-refractivity contribution in [3.63, 3.8) is 0 Å². The maximum Gasteiger partial charge on any atom is 0.0563 e. The molecule has 0 aromatic rings. The highest BCUT2D eigenvalue weighted by molar-refractivity contribution is 4.67. The maximum atomic E-state index is 9.49. The normalized spacial score (nSPS) is 15.5. The lowest BCUT2D eigenvalue weighted by Crippen LogP contribution is -2.17. The van der Waals surface area contributed by atoms with Gasteiger partial charge in [-0.2, -0.15) is 0 Å². The van der Waals surface area contributed by atoms with Crippen LogP contribution in [0.15, 0.2) is 0 Å². The molecule has 1 N–H and O–H groups in total. The summed E-state index contributed by atoms with van der Waals surface area (Å²) >= 11 is 0. The SMILES string of the molecule is CC(C)[C@@H](O)CCC(C)(C)C. The molecule has 68 valence electrons. The molecular weight excluding hydrogens is 136 g/mol. The maximum absolute atomic E-state index is 9.49. The monoisotopic (exact) mass is 158 g/mol. The summed E-state index contributed by atoms with van der Waals surface area (Å²) in [5, 5.41) is 9.49. The van der Waals surface area contributed by atoms with Gasteiger partial charge in [0.05, 0.1) is 6.10 Å². The molecule has 0 aliphatic heterocycles. The Hall–Kier alpha value is -0.0400. The zero-order valence-electron chi connectivity index (χ0n) is 8.52. The van der Waals surface area contributed by atoms with Crippen LogP contribution in [0.4, 0.5) is 0 Å². The lowest BCUT2D eigenvalue weighted by molar-refractivity contribution is 0.102. The molecule has 0 bridgehead atoms. The van der Waals surface area contributed by atoms with Gasteiger partial charge in [0.15, 0.2) is 0 Å². The molecule has 11 heavy (non-hydrogen) atoms. The minimum atomic E-state index is -0.116. The fourth-order valence-electron chi connectivity index (χ4n) is 0.914. The molecule has 0 aromatic carbocycles. The van der Waals surface area contributed by atoms with Gasteiger partial charge in [0, 0.05) is 0 Å². The number of aliphatic hydroxyl groups excluding tert-OH is 1. The van der Waals surface area contributed by atoms with Crippen LogP contribution in [0.1, 0.15) is 47.5 Å². The molecular formula is C10H22O. The molecule has 0 fully saturated rings. The van der Waals surface area contributed by atoms with Crippen LogP contribution >= 0.6 is 0 Å². The molecule has 0 aliphatic rings. The first-order chi connectivity index (χ1) is 4.83. The van der Waals surface area contributed by atoms with Crippen LogP contribution in [0.2, 0.25) is 0 Å². The smallest absolute Gasteiger partial charge is 0.0563 e. The van der Waals surface area contributed by atoms with Gasteiger partial charge in [-0.3, -0.25) is 0 Å². The molecule has 0 saturated heterocycles. The van der Waals surface area contributed by atoms with Gasteiger partial charge < -0.3 is 5.11 Å². The molecule has 0 aliphatic carbocycles. The summed E-state index contributed by atoms with van der Waals surface area (Å²) in [4.78, 5) is 0. The molecule has 0 unspecified atom stereocenters. The Bertz CT molecular complexity index is 99.9. The summed E-state index contributed by atoms with van der Waals surface area (Å²) in [7, 11) is 0. The number of rotatable bonds is 3. The fraction of sp³-hybridized carbons (Fsp3) is 1.00. The second-order valence-electron chi connectivity index (χ2n) is 4.91. The van der Waals surface area contributed by atoms with Crippen molar-refractivity contribution >= 4 is 0 Å². The van der Waals surface area contributed by atoms with Gasteiger partial charge in [0.1, 0.15) is 0 Å². The van der Waals surface area contributed by atoms with Crippen molar-refractivity contribution in [1.29, 1.82) is 0 Å². The summed E-state index contributed by atoms with van der Waals surface area (Å²) in [5.41, 5.74) is 0.357. The van der Waals surface area contributed by atoms with Crippen molar-refractivity contribution in [2.24, 2.45) is 11.3 Å². The lowest BCUT2D eigenvalue weighted by atomic mass is 9.87. The highest BCUT2D eigenvalue weighted by Gasteiger charge is 2.15. The highest BCUT2D eigenvalue weighted by Crippen LogP contribution is 2.23. The summed E-state index contributed by atoms with van der Waals surface area (Å²) in [6.07, 6.45) is 1.92. The highest BCUT2D eigenvalue weighted by atomic mass is 16.3. The predicted molar refractivity (Wildman–Crippen MR) is 49.5 cm³/mol. The number of hydrogen-bond donors (Lipinski definition) is 1. The Kier molecular flexibility index (Phi) is 4.09. The average molecular weight is 158 g/mol. The van der Waals surface area contributed by atoms with Crippen molar-refractivity contribution in [2.45, 2.75) is 53.6 Å². The first-order valence-corrected chi connectivity index (χ1v) is 4.51. The Morgan fingerprint density at radius 2 is 1.64 bits per heavy atom. The van der Waals surface area contributed by atoms with Crippen molar-refractivity contribution in [1.82, 2.24) is 0 Å². The third kappa shape index (κ3) is 6.36. The third-order valence-electron chi connectivity index (χ3n) is 1.96. The van der Waals surface area contributed by atoms with Gasteiger partial charge in [-0.15, -0.1) is 0 Å². The van der Waals surface area contributed by atoms with Gasteiger partial charge in [0.2, 0.25) is 0 Å². The second-order valence-corrected chi connectivity index (χ2v) is 4.91. The van der Waals surface area contributed by atoms with Crippen LogP contribution in [0.5, 0.6) is 0 Å². The number of aliphatic hydroxyl groups is 1. The van der Waals surface area contributed by atoms with Crippen LogP contribution in [0, 0.1) is 11.3 Å². The van der Waals surface area contributed by atoms with Gasteiger partial charge in [0.25, 0.3) is 0 Å². The van der Waals surface area contributed by atoms with Crippen LogP contribution in [-0.2, 0) is 0 Å². The third-order valence-corrected chi connectivity index (χ3v) is 1.96. The minimum absolute atomic E-state index is 0.116. The van der Waals surface area contributed by atoms with Crippen LogP contribution in [-0.4, -0.2) is 11.2 Å². The Balaban J connectivity index is 3.54. The van der Waals surface area contributed by atoms with Crippen molar-refractivity contribution in [2.75, 3.05) is 0 Å². The van der Waals surface area contributed by atoms with Crippen LogP contribution < -0.4 is 0 Å². The van der Waals surface area contributed by atoms with E-state index in [1.807, 2.05) is 0 Å². The Morgan fingerprint density at radius 1 is 1.18 bits per heavy atom. The molecule has 0 spiro atoms. The summed E-state index contributed by atoms with van der Waals surface area (Å²) in [6.45, 7) is 10.8. The van der Waals surface area contributed by atoms with Gasteiger partial charge in [-0.05, 0) is 24.2 Å². The molecule has 0 aromatic heterocycles. The quantitative estimate of drug-likeness (QED) is 0.669. The van der Waals surface area contributed by atoms with Gasteiger partial charge in [-0.1, -0.05) is 34.6 Å². The zero-order chi connectivity index (χ0) is 9.07. The zero-order valence-corrected chi connectivity index (χ0v) is 8.52. The van der Waals surface area contributed by atoms with E-state index in [-0.39, 0.29) is 6.10 Å². The molecule has 1 atom stereocenters. The van der Waals surface area contributed by atoms with E-state index in [1.54, 1.807) is 0 Å². The second kappa shape index (κ2) is 4.10. The van der Waals surface area contributed by atoms with Crippen molar-refractivity contribution in [3.8, 4) is 0 Å². The first-order valence-electron chi connectivity index (χ1n) is 4.51. The van der Waals surface area contributed by atoms with Crippen LogP contribution in [0.25, 0.3) is 0 Å². The van der Waals surface area contributed by atoms with Crippen molar-refractivity contribution in [3.05, 3.63) is 0 Å². The lowest BCUT2D eigenvalue weighted by Gasteiger charge is -2.21. The van der Waals surface area contributed by atoms with E-state index in [2.05, 4.69) is 34.6 Å². The van der Waals surface area contributed by atoms with Gasteiger partial charge in [-0.25, -0.2) is 0 Å². The van der Waals surface area contributed by atoms with Crippen molar-refractivity contribution < 1.29 is 5.11 Å². The molecule has 0 amide bonds. The Morgan fingerprint density at radius 3 is 1.91 bits per heavy atom. The minimum Gasteiger partial charge on any atom is -0.393 e. The fourth-order valence-corrected chi connectivity index (χ4v) is 0.914. The summed E-state index contributed by atoms with van der Waals surface area (Å²) < 4.78 is 0.